The molecule has 1 heterocycles. The summed E-state index contributed by atoms with van der Waals surface area (Å²) < 4.78 is 16.5. The number of hydrogen-bond acceptors (Lipinski definition) is 4. The molecule has 4 aliphatic carbocycles. The van der Waals surface area contributed by atoms with Gasteiger partial charge in [-0.3, -0.25) is 9.32 Å². The van der Waals surface area contributed by atoms with Crippen molar-refractivity contribution < 1.29 is 23.7 Å². The first-order valence-corrected chi connectivity index (χ1v) is 17.0. The van der Waals surface area contributed by atoms with Crippen molar-refractivity contribution in [3.63, 3.8) is 0 Å². The molecule has 8 heteroatoms. The van der Waals surface area contributed by atoms with Gasteiger partial charge in [0.1, 0.15) is 0 Å². The van der Waals surface area contributed by atoms with E-state index in [2.05, 4.69) is 31.7 Å². The lowest BCUT2D eigenvalue weighted by atomic mass is 9.47. The number of rotatable bonds is 6. The Morgan fingerprint density at radius 2 is 1.92 bits per heavy atom. The first-order chi connectivity index (χ1) is 17.0. The van der Waals surface area contributed by atoms with Crippen LogP contribution in [0, 0.1) is 40.4 Å². The summed E-state index contributed by atoms with van der Waals surface area (Å²) in [6.07, 6.45) is 12.4. The van der Waals surface area contributed by atoms with Gasteiger partial charge >= 0.3 is 7.82 Å². The Labute approximate surface area is 221 Å². The molecule has 5 aliphatic rings. The Bertz CT molecular complexity index is 916. The van der Waals surface area contributed by atoms with Crippen LogP contribution in [0.3, 0.4) is 0 Å². The Morgan fingerprint density at radius 3 is 2.64 bits per heavy atom. The molecule has 4 fully saturated rings. The summed E-state index contributed by atoms with van der Waals surface area (Å²) in [7, 11) is -4.44. The summed E-state index contributed by atoms with van der Waals surface area (Å²) in [4.78, 5) is 33.5. The number of amides is 1. The summed E-state index contributed by atoms with van der Waals surface area (Å²) in [6, 6.07) is 0. The monoisotopic (exact) mass is 539 g/mol. The fraction of sp³-hybridized carbons (Fsp3) is 0.893. The predicted octanol–water partition coefficient (Wildman–Crippen LogP) is 6.04. The molecule has 1 saturated heterocycles. The van der Waals surface area contributed by atoms with Crippen LogP contribution in [0.15, 0.2) is 11.6 Å². The minimum absolute atomic E-state index is 0.141. The molecule has 5 rings (SSSR count). The number of phosphoric acid groups is 1. The third-order valence-electron chi connectivity index (χ3n) is 11.3. The van der Waals surface area contributed by atoms with Crippen LogP contribution in [0.2, 0.25) is 0 Å². The molecule has 1 amide bonds. The van der Waals surface area contributed by atoms with E-state index in [4.69, 9.17) is 4.52 Å². The van der Waals surface area contributed by atoms with E-state index in [1.165, 1.54) is 31.3 Å². The minimum Gasteiger partial charge on any atom is -0.341 e. The average Bonchev–Trinajstić information content (AvgIpc) is 3.19. The van der Waals surface area contributed by atoms with E-state index in [1.807, 2.05) is 11.8 Å². The summed E-state index contributed by atoms with van der Waals surface area (Å²) in [5, 5.41) is 0. The number of allylic oxidation sites excluding steroid dienone is 1. The minimum atomic E-state index is -4.44. The van der Waals surface area contributed by atoms with E-state index in [-0.39, 0.29) is 11.5 Å². The van der Waals surface area contributed by atoms with Crippen molar-refractivity contribution >= 4 is 25.5 Å². The van der Waals surface area contributed by atoms with Crippen molar-refractivity contribution in [1.29, 1.82) is 0 Å². The van der Waals surface area contributed by atoms with Gasteiger partial charge in [-0.05, 0) is 98.2 Å². The van der Waals surface area contributed by atoms with Crippen molar-refractivity contribution in [2.24, 2.45) is 40.4 Å². The van der Waals surface area contributed by atoms with Gasteiger partial charge in [-0.25, -0.2) is 4.57 Å². The zero-order valence-corrected chi connectivity index (χ0v) is 24.1. The lowest BCUT2D eigenvalue weighted by Crippen LogP contribution is -2.51. The van der Waals surface area contributed by atoms with Crippen LogP contribution >= 0.6 is 19.6 Å². The molecule has 0 bridgehead atoms. The lowest BCUT2D eigenvalue weighted by molar-refractivity contribution is -0.131. The topological polar surface area (TPSA) is 87.1 Å². The van der Waals surface area contributed by atoms with E-state index in [0.717, 1.165) is 56.2 Å². The van der Waals surface area contributed by atoms with Crippen LogP contribution in [-0.4, -0.2) is 51.3 Å². The number of nitrogens with zero attached hydrogens (tertiary/aromatic N) is 1. The molecule has 1 aliphatic heterocycles. The molecule has 204 valence electrons. The second kappa shape index (κ2) is 10.3. The number of hydrogen-bond donors (Lipinski definition) is 2. The van der Waals surface area contributed by atoms with Crippen molar-refractivity contribution in [3.8, 4) is 0 Å². The third-order valence-corrected chi connectivity index (χ3v) is 12.8. The van der Waals surface area contributed by atoms with Gasteiger partial charge in [0.25, 0.3) is 0 Å². The summed E-state index contributed by atoms with van der Waals surface area (Å²) in [5.41, 5.74) is 1.89. The van der Waals surface area contributed by atoms with Gasteiger partial charge in [0, 0.05) is 31.0 Å². The zero-order chi connectivity index (χ0) is 25.7. The second-order valence-corrected chi connectivity index (χ2v) is 15.4. The maximum absolute atomic E-state index is 12.8. The van der Waals surface area contributed by atoms with E-state index in [0.29, 0.717) is 47.8 Å². The van der Waals surface area contributed by atoms with Crippen molar-refractivity contribution in [1.82, 2.24) is 4.90 Å². The summed E-state index contributed by atoms with van der Waals surface area (Å²) >= 11 is 1.95. The number of carbonyl (C=O) groups excluding carboxylic acids is 1. The number of phosphoric ester groups is 1. The Hall–Kier alpha value is -0.330. The molecule has 3 saturated carbocycles. The largest absolute Gasteiger partial charge is 0.469 e. The molecule has 0 spiro atoms. The number of fused-ring (bicyclic) bond motifs is 5. The third kappa shape index (κ3) is 5.13. The van der Waals surface area contributed by atoms with E-state index >= 15 is 0 Å². The molecule has 0 aromatic carbocycles. The highest BCUT2D eigenvalue weighted by Crippen LogP contribution is 2.67. The molecule has 0 radical (unpaired) electrons. The SMILES string of the molecule is CC(CCC(=O)N1CCSCC1)[C@H]1CC[C@H]2[C@@H]3CC=C4C[C@@H](OP(=O)(O)O)CC[C@]4(C)[C@H]3CC[C@]12C. The molecule has 36 heavy (non-hydrogen) atoms. The van der Waals surface area contributed by atoms with Gasteiger partial charge < -0.3 is 14.7 Å². The first-order valence-electron chi connectivity index (χ1n) is 14.3. The van der Waals surface area contributed by atoms with Gasteiger partial charge in [0.15, 0.2) is 0 Å². The fourth-order valence-corrected chi connectivity index (χ4v) is 10.9. The smallest absolute Gasteiger partial charge is 0.341 e. The average molecular weight is 540 g/mol. The van der Waals surface area contributed by atoms with E-state index in [9.17, 15) is 19.1 Å². The molecule has 6 nitrogen and oxygen atoms in total. The van der Waals surface area contributed by atoms with Crippen LogP contribution in [-0.2, 0) is 13.9 Å². The van der Waals surface area contributed by atoms with Gasteiger partial charge in [0.05, 0.1) is 6.10 Å². The molecule has 0 aromatic rings. The molecule has 2 N–H and O–H groups in total. The van der Waals surface area contributed by atoms with Gasteiger partial charge in [-0.2, -0.15) is 11.8 Å². The van der Waals surface area contributed by atoms with Crippen molar-refractivity contribution in [3.05, 3.63) is 11.6 Å². The first kappa shape index (κ1) is 27.2. The number of thioether (sulfide) groups is 1. The van der Waals surface area contributed by atoms with Gasteiger partial charge in [0.2, 0.25) is 5.91 Å². The maximum Gasteiger partial charge on any atom is 0.469 e. The highest BCUT2D eigenvalue weighted by molar-refractivity contribution is 7.99. The van der Waals surface area contributed by atoms with Crippen LogP contribution in [0.4, 0.5) is 0 Å². The van der Waals surface area contributed by atoms with Crippen molar-refractivity contribution in [2.75, 3.05) is 24.6 Å². The van der Waals surface area contributed by atoms with Crippen LogP contribution < -0.4 is 0 Å². The lowest BCUT2D eigenvalue weighted by Gasteiger charge is -2.58. The van der Waals surface area contributed by atoms with Crippen LogP contribution in [0.1, 0.15) is 85.0 Å². The van der Waals surface area contributed by atoms with Crippen molar-refractivity contribution in [2.45, 2.75) is 91.1 Å². The van der Waals surface area contributed by atoms with Crippen LogP contribution in [0.5, 0.6) is 0 Å². The Balaban J connectivity index is 1.24. The summed E-state index contributed by atoms with van der Waals surface area (Å²) in [6.45, 7) is 9.24. The highest BCUT2D eigenvalue weighted by Gasteiger charge is 2.59. The molecule has 8 atom stereocenters. The van der Waals surface area contributed by atoms with Crippen LogP contribution in [0.25, 0.3) is 0 Å². The summed E-state index contributed by atoms with van der Waals surface area (Å²) in [5.74, 6) is 5.95. The highest BCUT2D eigenvalue weighted by atomic mass is 32.2. The van der Waals surface area contributed by atoms with E-state index < -0.39 is 7.82 Å². The normalized spacial score (nSPS) is 41.6. The molecule has 1 unspecified atom stereocenters. The van der Waals surface area contributed by atoms with Gasteiger partial charge in [-0.15, -0.1) is 0 Å². The van der Waals surface area contributed by atoms with Gasteiger partial charge in [-0.1, -0.05) is 32.4 Å². The standard InChI is InChI=1S/C28H46NO5PS/c1-19(4-9-26(30)29-14-16-36-17-15-29)23-7-8-24-22-6-5-20-18-21(34-35(31,32)33)10-12-27(20,2)25(22)11-13-28(23,24)3/h5,19,21-25H,4,6-18H2,1-3H3,(H2,31,32,33)/t19?,21-,22-,23+,24-,25-,27-,28+/m0/s1. The molecular formula is C28H46NO5PS. The Morgan fingerprint density at radius 1 is 1.17 bits per heavy atom. The quantitative estimate of drug-likeness (QED) is 0.316. The Kier molecular flexibility index (Phi) is 7.82. The predicted molar refractivity (Wildman–Crippen MR) is 144 cm³/mol. The maximum atomic E-state index is 12.8. The fourth-order valence-electron chi connectivity index (χ4n) is 9.41. The van der Waals surface area contributed by atoms with E-state index in [1.54, 1.807) is 0 Å². The molecular weight excluding hydrogens is 493 g/mol. The second-order valence-electron chi connectivity index (χ2n) is 13.0. The zero-order valence-electron chi connectivity index (χ0n) is 22.4. The molecule has 0 aromatic heterocycles. The number of carbonyl (C=O) groups is 1.